The standard InChI is InChI=1S/C26H23ClN2O3/c1-18-7-9-20(10-8-18)17-28(24(30)15-19-11-13-21(27)14-12-19)23-16-25(31)29(26(23)32)22-5-3-2-4-6-22/h2-14,23H,15-17H2,1H3. The maximum atomic E-state index is 13.4. The highest BCUT2D eigenvalue weighted by Crippen LogP contribution is 2.27. The van der Waals surface area contributed by atoms with E-state index in [1.807, 2.05) is 37.3 Å². The van der Waals surface area contributed by atoms with Crippen molar-refractivity contribution in [2.75, 3.05) is 4.90 Å². The van der Waals surface area contributed by atoms with Crippen LogP contribution < -0.4 is 4.90 Å². The van der Waals surface area contributed by atoms with Crippen LogP contribution in [0.15, 0.2) is 78.9 Å². The van der Waals surface area contributed by atoms with Crippen LogP contribution in [-0.2, 0) is 27.3 Å². The quantitative estimate of drug-likeness (QED) is 0.522. The Morgan fingerprint density at radius 1 is 0.938 bits per heavy atom. The smallest absolute Gasteiger partial charge is 0.257 e. The largest absolute Gasteiger partial charge is 0.325 e. The van der Waals surface area contributed by atoms with Crippen LogP contribution in [0, 0.1) is 6.92 Å². The summed E-state index contributed by atoms with van der Waals surface area (Å²) in [6, 6.07) is 22.8. The van der Waals surface area contributed by atoms with Gasteiger partial charge in [0.1, 0.15) is 6.04 Å². The van der Waals surface area contributed by atoms with Crippen molar-refractivity contribution in [3.63, 3.8) is 0 Å². The van der Waals surface area contributed by atoms with Gasteiger partial charge in [-0.2, -0.15) is 0 Å². The number of imide groups is 1. The van der Waals surface area contributed by atoms with Gasteiger partial charge in [0.2, 0.25) is 11.8 Å². The number of benzene rings is 3. The van der Waals surface area contributed by atoms with Crippen molar-refractivity contribution in [2.24, 2.45) is 0 Å². The summed E-state index contributed by atoms with van der Waals surface area (Å²) in [6.07, 6.45) is 0.0816. The van der Waals surface area contributed by atoms with Crippen molar-refractivity contribution in [1.82, 2.24) is 4.90 Å². The van der Waals surface area contributed by atoms with E-state index < -0.39 is 6.04 Å². The number of hydrogen-bond donors (Lipinski definition) is 0. The van der Waals surface area contributed by atoms with Gasteiger partial charge in [0.05, 0.1) is 18.5 Å². The van der Waals surface area contributed by atoms with Crippen LogP contribution >= 0.6 is 11.6 Å². The van der Waals surface area contributed by atoms with E-state index in [0.29, 0.717) is 10.7 Å². The Morgan fingerprint density at radius 3 is 2.22 bits per heavy atom. The van der Waals surface area contributed by atoms with Crippen LogP contribution in [-0.4, -0.2) is 28.7 Å². The zero-order chi connectivity index (χ0) is 22.7. The molecule has 3 aromatic carbocycles. The van der Waals surface area contributed by atoms with Crippen molar-refractivity contribution < 1.29 is 14.4 Å². The first-order chi connectivity index (χ1) is 15.4. The molecule has 5 nitrogen and oxygen atoms in total. The van der Waals surface area contributed by atoms with Crippen LogP contribution in [0.25, 0.3) is 0 Å². The number of carbonyl (C=O) groups excluding carboxylic acids is 3. The molecule has 0 spiro atoms. The van der Waals surface area contributed by atoms with E-state index in [1.54, 1.807) is 48.5 Å². The molecule has 32 heavy (non-hydrogen) atoms. The fraction of sp³-hybridized carbons (Fsp3) is 0.192. The molecule has 1 atom stereocenters. The number of amides is 3. The summed E-state index contributed by atoms with van der Waals surface area (Å²) in [6.45, 7) is 2.24. The number of para-hydroxylation sites is 1. The maximum absolute atomic E-state index is 13.4. The van der Waals surface area contributed by atoms with Crippen LogP contribution in [0.2, 0.25) is 5.02 Å². The molecule has 0 aromatic heterocycles. The highest BCUT2D eigenvalue weighted by atomic mass is 35.5. The van der Waals surface area contributed by atoms with Gasteiger partial charge in [-0.15, -0.1) is 0 Å². The second kappa shape index (κ2) is 9.37. The first-order valence-electron chi connectivity index (χ1n) is 10.4. The van der Waals surface area contributed by atoms with E-state index in [1.165, 1.54) is 9.80 Å². The molecule has 1 saturated heterocycles. The van der Waals surface area contributed by atoms with Crippen LogP contribution in [0.4, 0.5) is 5.69 Å². The molecule has 3 amide bonds. The Bertz CT molecular complexity index is 1130. The van der Waals surface area contributed by atoms with Gasteiger partial charge in [-0.05, 0) is 42.3 Å². The van der Waals surface area contributed by atoms with E-state index in [-0.39, 0.29) is 37.1 Å². The lowest BCUT2D eigenvalue weighted by Crippen LogP contribution is -2.45. The number of hydrogen-bond acceptors (Lipinski definition) is 3. The molecule has 4 rings (SSSR count). The van der Waals surface area contributed by atoms with Crippen molar-refractivity contribution in [3.8, 4) is 0 Å². The minimum atomic E-state index is -0.844. The Balaban J connectivity index is 1.62. The molecule has 0 bridgehead atoms. The zero-order valence-electron chi connectivity index (χ0n) is 17.7. The number of carbonyl (C=O) groups is 3. The van der Waals surface area contributed by atoms with Gasteiger partial charge in [-0.3, -0.25) is 14.4 Å². The van der Waals surface area contributed by atoms with Gasteiger partial charge < -0.3 is 4.90 Å². The van der Waals surface area contributed by atoms with Gasteiger partial charge >= 0.3 is 0 Å². The number of nitrogens with zero attached hydrogens (tertiary/aromatic N) is 2. The van der Waals surface area contributed by atoms with E-state index >= 15 is 0 Å². The molecule has 1 aliphatic heterocycles. The molecule has 1 fully saturated rings. The lowest BCUT2D eigenvalue weighted by Gasteiger charge is -2.28. The molecule has 162 valence electrons. The number of rotatable bonds is 6. The topological polar surface area (TPSA) is 57.7 Å². The highest BCUT2D eigenvalue weighted by Gasteiger charge is 2.44. The lowest BCUT2D eigenvalue weighted by molar-refractivity contribution is -0.138. The molecular weight excluding hydrogens is 424 g/mol. The fourth-order valence-corrected chi connectivity index (χ4v) is 3.97. The average molecular weight is 447 g/mol. The Kier molecular flexibility index (Phi) is 6.37. The average Bonchev–Trinajstić information content (AvgIpc) is 3.09. The Morgan fingerprint density at radius 2 is 1.56 bits per heavy atom. The SMILES string of the molecule is Cc1ccc(CN(C(=O)Cc2ccc(Cl)cc2)C2CC(=O)N(c3ccccc3)C2=O)cc1. The first-order valence-corrected chi connectivity index (χ1v) is 10.8. The summed E-state index contributed by atoms with van der Waals surface area (Å²) in [7, 11) is 0. The molecule has 1 aliphatic rings. The molecule has 0 N–H and O–H groups in total. The molecule has 0 saturated carbocycles. The van der Waals surface area contributed by atoms with Gasteiger partial charge in [-0.25, -0.2) is 4.90 Å². The summed E-state index contributed by atoms with van der Waals surface area (Å²) in [5, 5.41) is 0.591. The highest BCUT2D eigenvalue weighted by molar-refractivity contribution is 6.30. The van der Waals surface area contributed by atoms with Gasteiger partial charge in [-0.1, -0.05) is 71.8 Å². The minimum Gasteiger partial charge on any atom is -0.325 e. The third kappa shape index (κ3) is 4.73. The van der Waals surface area contributed by atoms with E-state index in [4.69, 9.17) is 11.6 Å². The number of anilines is 1. The van der Waals surface area contributed by atoms with Gasteiger partial charge in [0, 0.05) is 11.6 Å². The van der Waals surface area contributed by atoms with Crippen LogP contribution in [0.3, 0.4) is 0 Å². The zero-order valence-corrected chi connectivity index (χ0v) is 18.5. The summed E-state index contributed by atoms with van der Waals surface area (Å²) in [5.41, 5.74) is 3.32. The second-order valence-electron chi connectivity index (χ2n) is 7.93. The van der Waals surface area contributed by atoms with Crippen molar-refractivity contribution in [1.29, 1.82) is 0 Å². The molecule has 6 heteroatoms. The Hall–Kier alpha value is -3.44. The Labute approximate surface area is 192 Å². The normalized spacial score (nSPS) is 15.8. The summed E-state index contributed by atoms with van der Waals surface area (Å²) < 4.78 is 0. The molecule has 1 unspecified atom stereocenters. The first kappa shape index (κ1) is 21.8. The molecular formula is C26H23ClN2O3. The van der Waals surface area contributed by atoms with Crippen molar-refractivity contribution >= 4 is 35.0 Å². The molecule has 1 heterocycles. The molecule has 0 aliphatic carbocycles. The monoisotopic (exact) mass is 446 g/mol. The predicted molar refractivity (Wildman–Crippen MR) is 124 cm³/mol. The summed E-state index contributed by atoms with van der Waals surface area (Å²) >= 11 is 5.96. The predicted octanol–water partition coefficient (Wildman–Crippen LogP) is 4.55. The van der Waals surface area contributed by atoms with Crippen LogP contribution in [0.1, 0.15) is 23.1 Å². The van der Waals surface area contributed by atoms with Crippen LogP contribution in [0.5, 0.6) is 0 Å². The van der Waals surface area contributed by atoms with Gasteiger partial charge in [0.15, 0.2) is 0 Å². The van der Waals surface area contributed by atoms with E-state index in [9.17, 15) is 14.4 Å². The second-order valence-corrected chi connectivity index (χ2v) is 8.37. The fourth-order valence-electron chi connectivity index (χ4n) is 3.85. The van der Waals surface area contributed by atoms with Crippen molar-refractivity contribution in [3.05, 3.63) is 101 Å². The summed E-state index contributed by atoms with van der Waals surface area (Å²) in [5.74, 6) is -0.897. The molecule has 0 radical (unpaired) electrons. The summed E-state index contributed by atoms with van der Waals surface area (Å²) in [4.78, 5) is 42.1. The number of aryl methyl sites for hydroxylation is 1. The van der Waals surface area contributed by atoms with E-state index in [2.05, 4.69) is 0 Å². The minimum absolute atomic E-state index is 0.0358. The third-order valence-corrected chi connectivity index (χ3v) is 5.83. The van der Waals surface area contributed by atoms with Crippen molar-refractivity contribution in [2.45, 2.75) is 32.4 Å². The van der Waals surface area contributed by atoms with Gasteiger partial charge in [0.25, 0.3) is 5.91 Å². The molecule has 3 aromatic rings. The van der Waals surface area contributed by atoms with E-state index in [0.717, 1.165) is 16.7 Å². The number of halogens is 1. The lowest BCUT2D eigenvalue weighted by atomic mass is 10.1. The third-order valence-electron chi connectivity index (χ3n) is 5.58. The maximum Gasteiger partial charge on any atom is 0.257 e.